The fraction of sp³-hybridized carbons (Fsp3) is 0.542. The largest absolute Gasteiger partial charge is 0.507 e. The molecule has 0 spiro atoms. The first-order valence-corrected chi connectivity index (χ1v) is 11.0. The molecule has 0 unspecified atom stereocenters. The normalized spacial score (nSPS) is 19.4. The smallest absolute Gasteiger partial charge is 0.343 e. The highest BCUT2D eigenvalue weighted by atomic mass is 16.4. The molecule has 0 amide bonds. The van der Waals surface area contributed by atoms with Crippen molar-refractivity contribution < 1.29 is 9.52 Å². The minimum absolute atomic E-state index is 0.137. The summed E-state index contributed by atoms with van der Waals surface area (Å²) in [5, 5.41) is 10.8. The molecule has 2 saturated heterocycles. The van der Waals surface area contributed by atoms with Crippen LogP contribution < -0.4 is 5.63 Å². The van der Waals surface area contributed by atoms with Crippen LogP contribution >= 0.6 is 0 Å². The predicted octanol–water partition coefficient (Wildman–Crippen LogP) is 3.79. The van der Waals surface area contributed by atoms with Gasteiger partial charge in [0, 0.05) is 18.7 Å². The number of hydrogen-bond acceptors (Lipinski definition) is 5. The molecule has 0 bridgehead atoms. The standard InChI is InChI=1S/C24H32N2O3/c27-23-21(16-25-11-5-2-6-12-25)18-29-24(28)22(23)17-26-13-9-20(10-14-26)15-19-7-3-1-4-8-19/h1,3-4,7-8,18,20,27H,2,5-6,9-17H2. The van der Waals surface area contributed by atoms with Gasteiger partial charge in [-0.2, -0.15) is 0 Å². The number of likely N-dealkylation sites (tertiary alicyclic amines) is 2. The first-order chi connectivity index (χ1) is 14.2. The minimum Gasteiger partial charge on any atom is -0.507 e. The molecule has 5 heteroatoms. The van der Waals surface area contributed by atoms with Crippen LogP contribution in [0, 0.1) is 5.92 Å². The van der Waals surface area contributed by atoms with E-state index in [1.807, 2.05) is 0 Å². The van der Waals surface area contributed by atoms with Gasteiger partial charge in [0.05, 0.1) is 5.56 Å². The monoisotopic (exact) mass is 396 g/mol. The van der Waals surface area contributed by atoms with E-state index in [4.69, 9.17) is 4.42 Å². The van der Waals surface area contributed by atoms with Crippen molar-refractivity contribution in [1.82, 2.24) is 9.80 Å². The zero-order chi connectivity index (χ0) is 20.1. The van der Waals surface area contributed by atoms with Gasteiger partial charge in [0.25, 0.3) is 0 Å². The van der Waals surface area contributed by atoms with E-state index in [9.17, 15) is 9.90 Å². The van der Waals surface area contributed by atoms with Gasteiger partial charge >= 0.3 is 5.63 Å². The highest BCUT2D eigenvalue weighted by Crippen LogP contribution is 2.27. The molecule has 0 atom stereocenters. The number of hydrogen-bond donors (Lipinski definition) is 1. The van der Waals surface area contributed by atoms with Crippen molar-refractivity contribution in [2.45, 2.75) is 51.6 Å². The van der Waals surface area contributed by atoms with E-state index in [2.05, 4.69) is 40.1 Å². The van der Waals surface area contributed by atoms with E-state index in [1.165, 1.54) is 31.1 Å². The predicted molar refractivity (Wildman–Crippen MR) is 114 cm³/mol. The van der Waals surface area contributed by atoms with Gasteiger partial charge in [-0.25, -0.2) is 4.79 Å². The third-order valence-electron chi connectivity index (χ3n) is 6.44. The lowest BCUT2D eigenvalue weighted by molar-refractivity contribution is 0.172. The van der Waals surface area contributed by atoms with Crippen LogP contribution in [0.2, 0.25) is 0 Å². The Morgan fingerprint density at radius 2 is 1.62 bits per heavy atom. The molecule has 1 aromatic carbocycles. The summed E-state index contributed by atoms with van der Waals surface area (Å²) < 4.78 is 5.28. The summed E-state index contributed by atoms with van der Waals surface area (Å²) in [6.45, 7) is 5.12. The lowest BCUT2D eigenvalue weighted by Gasteiger charge is -2.32. The molecule has 3 heterocycles. The summed E-state index contributed by atoms with van der Waals surface area (Å²) in [5.74, 6) is 0.822. The average Bonchev–Trinajstić information content (AvgIpc) is 2.76. The van der Waals surface area contributed by atoms with Gasteiger partial charge in [0.2, 0.25) is 0 Å². The quantitative estimate of drug-likeness (QED) is 0.805. The zero-order valence-corrected chi connectivity index (χ0v) is 17.2. The molecule has 4 rings (SSSR count). The van der Waals surface area contributed by atoms with E-state index >= 15 is 0 Å². The highest BCUT2D eigenvalue weighted by molar-refractivity contribution is 5.36. The molecule has 5 nitrogen and oxygen atoms in total. The fourth-order valence-corrected chi connectivity index (χ4v) is 4.67. The van der Waals surface area contributed by atoms with Gasteiger partial charge in [0.1, 0.15) is 12.0 Å². The van der Waals surface area contributed by atoms with Crippen LogP contribution in [-0.4, -0.2) is 41.1 Å². The fourth-order valence-electron chi connectivity index (χ4n) is 4.67. The molecule has 2 fully saturated rings. The molecule has 2 aromatic rings. The van der Waals surface area contributed by atoms with Crippen molar-refractivity contribution in [3.8, 4) is 5.75 Å². The Morgan fingerprint density at radius 1 is 0.931 bits per heavy atom. The van der Waals surface area contributed by atoms with Crippen LogP contribution in [0.1, 0.15) is 48.8 Å². The Hall–Kier alpha value is -2.11. The van der Waals surface area contributed by atoms with Gasteiger partial charge in [-0.05, 0) is 69.8 Å². The topological polar surface area (TPSA) is 56.9 Å². The van der Waals surface area contributed by atoms with Crippen LogP contribution in [0.15, 0.2) is 45.8 Å². The van der Waals surface area contributed by atoms with Crippen LogP contribution in [-0.2, 0) is 19.5 Å². The summed E-state index contributed by atoms with van der Waals surface area (Å²) in [4.78, 5) is 16.9. The number of nitrogens with zero attached hydrogens (tertiary/aromatic N) is 2. The summed E-state index contributed by atoms with van der Waals surface area (Å²) in [6.07, 6.45) is 8.47. The third-order valence-corrected chi connectivity index (χ3v) is 6.44. The van der Waals surface area contributed by atoms with Crippen molar-refractivity contribution in [2.75, 3.05) is 26.2 Å². The van der Waals surface area contributed by atoms with Crippen LogP contribution in [0.4, 0.5) is 0 Å². The van der Waals surface area contributed by atoms with Crippen molar-refractivity contribution in [2.24, 2.45) is 5.92 Å². The van der Waals surface area contributed by atoms with Gasteiger partial charge in [0.15, 0.2) is 0 Å². The second-order valence-electron chi connectivity index (χ2n) is 8.62. The van der Waals surface area contributed by atoms with Gasteiger partial charge in [-0.3, -0.25) is 9.80 Å². The molecule has 1 aromatic heterocycles. The number of aromatic hydroxyl groups is 1. The molecule has 0 saturated carbocycles. The van der Waals surface area contributed by atoms with Gasteiger partial charge < -0.3 is 9.52 Å². The molecule has 2 aliphatic rings. The first kappa shape index (κ1) is 20.2. The Morgan fingerprint density at radius 3 is 2.34 bits per heavy atom. The Labute approximate surface area is 173 Å². The lowest BCUT2D eigenvalue weighted by atomic mass is 9.90. The van der Waals surface area contributed by atoms with Gasteiger partial charge in [-0.1, -0.05) is 36.8 Å². The van der Waals surface area contributed by atoms with E-state index in [-0.39, 0.29) is 5.75 Å². The average molecular weight is 397 g/mol. The maximum absolute atomic E-state index is 12.3. The minimum atomic E-state index is -0.406. The molecular formula is C24H32N2O3. The molecule has 29 heavy (non-hydrogen) atoms. The Bertz CT molecular complexity index is 835. The molecule has 1 N–H and O–H groups in total. The second kappa shape index (κ2) is 9.59. The van der Waals surface area contributed by atoms with E-state index in [1.54, 1.807) is 0 Å². The van der Waals surface area contributed by atoms with Crippen LogP contribution in [0.3, 0.4) is 0 Å². The highest BCUT2D eigenvalue weighted by Gasteiger charge is 2.23. The SMILES string of the molecule is O=c1occ(CN2CCCCC2)c(O)c1CN1CCC(Cc2ccccc2)CC1. The zero-order valence-electron chi connectivity index (χ0n) is 17.2. The van der Waals surface area contributed by atoms with Crippen LogP contribution in [0.25, 0.3) is 0 Å². The number of piperidine rings is 2. The van der Waals surface area contributed by atoms with Crippen LogP contribution in [0.5, 0.6) is 5.75 Å². The van der Waals surface area contributed by atoms with E-state index < -0.39 is 5.63 Å². The summed E-state index contributed by atoms with van der Waals surface area (Å²) in [6, 6.07) is 10.7. The second-order valence-corrected chi connectivity index (χ2v) is 8.62. The molecule has 0 radical (unpaired) electrons. The summed E-state index contributed by atoms with van der Waals surface area (Å²) in [5.41, 5.74) is 2.15. The molecule has 156 valence electrons. The van der Waals surface area contributed by atoms with Crippen molar-refractivity contribution in [3.05, 3.63) is 63.7 Å². The summed E-state index contributed by atoms with van der Waals surface area (Å²) in [7, 11) is 0. The molecular weight excluding hydrogens is 364 g/mol. The Balaban J connectivity index is 1.35. The lowest BCUT2D eigenvalue weighted by Crippen LogP contribution is -2.35. The first-order valence-electron chi connectivity index (χ1n) is 11.0. The Kier molecular flexibility index (Phi) is 6.67. The number of rotatable bonds is 6. The molecule has 0 aliphatic carbocycles. The third kappa shape index (κ3) is 5.28. The van der Waals surface area contributed by atoms with Crippen molar-refractivity contribution in [1.29, 1.82) is 0 Å². The van der Waals surface area contributed by atoms with E-state index in [0.29, 0.717) is 24.6 Å². The molecule has 2 aliphatic heterocycles. The maximum atomic E-state index is 12.3. The summed E-state index contributed by atoms with van der Waals surface area (Å²) >= 11 is 0. The van der Waals surface area contributed by atoms with E-state index in [0.717, 1.165) is 51.0 Å². The van der Waals surface area contributed by atoms with Gasteiger partial charge in [-0.15, -0.1) is 0 Å². The number of benzene rings is 1. The van der Waals surface area contributed by atoms with Crippen molar-refractivity contribution >= 4 is 0 Å². The van der Waals surface area contributed by atoms with Crippen molar-refractivity contribution in [3.63, 3.8) is 0 Å². The maximum Gasteiger partial charge on any atom is 0.343 e.